The highest BCUT2D eigenvalue weighted by molar-refractivity contribution is 5.35. The smallest absolute Gasteiger partial charge is 0.0320 e. The minimum Gasteiger partial charge on any atom is -0.313 e. The van der Waals surface area contributed by atoms with Crippen LogP contribution in [0, 0.1) is 13.8 Å². The summed E-state index contributed by atoms with van der Waals surface area (Å²) in [4.78, 5) is 0. The first-order chi connectivity index (χ1) is 9.70. The Kier molecular flexibility index (Phi) is 8.60. The van der Waals surface area contributed by atoms with Crippen molar-refractivity contribution in [3.05, 3.63) is 34.9 Å². The summed E-state index contributed by atoms with van der Waals surface area (Å²) in [5, 5.41) is 3.50. The highest BCUT2D eigenvalue weighted by atomic mass is 14.9. The molecule has 0 saturated heterocycles. The quantitative estimate of drug-likeness (QED) is 0.540. The molecule has 1 rings (SSSR count). The third kappa shape index (κ3) is 5.66. The number of benzene rings is 1. The molecule has 0 aromatic heterocycles. The fraction of sp³-hybridized carbons (Fsp3) is 0.684. The van der Waals surface area contributed by atoms with Gasteiger partial charge in [-0.3, -0.25) is 0 Å². The molecule has 0 aliphatic carbocycles. The van der Waals surface area contributed by atoms with Gasteiger partial charge in [0.25, 0.3) is 0 Å². The molecular weight excluding hydrogens is 242 g/mol. The van der Waals surface area contributed by atoms with Crippen molar-refractivity contribution in [2.75, 3.05) is 7.05 Å². The molecule has 20 heavy (non-hydrogen) atoms. The standard InChI is InChI=1S/C19H33N/c1-5-6-7-8-9-10-11-15-19(20-4)18-14-12-13-16(2)17(18)3/h12-14,19-20H,5-11,15H2,1-4H3. The second-order valence-corrected chi connectivity index (χ2v) is 6.04. The molecule has 1 aromatic carbocycles. The number of hydrogen-bond acceptors (Lipinski definition) is 1. The van der Waals surface area contributed by atoms with Crippen LogP contribution in [0.5, 0.6) is 0 Å². The van der Waals surface area contributed by atoms with Gasteiger partial charge < -0.3 is 5.32 Å². The lowest BCUT2D eigenvalue weighted by atomic mass is 9.94. The molecule has 0 saturated carbocycles. The molecule has 0 fully saturated rings. The predicted molar refractivity (Wildman–Crippen MR) is 90.3 cm³/mol. The number of rotatable bonds is 10. The highest BCUT2D eigenvalue weighted by Crippen LogP contribution is 2.25. The molecule has 1 aromatic rings. The van der Waals surface area contributed by atoms with Crippen molar-refractivity contribution in [2.24, 2.45) is 0 Å². The summed E-state index contributed by atoms with van der Waals surface area (Å²) in [7, 11) is 2.09. The predicted octanol–water partition coefficient (Wildman–Crippen LogP) is 5.70. The van der Waals surface area contributed by atoms with E-state index in [-0.39, 0.29) is 0 Å². The van der Waals surface area contributed by atoms with E-state index in [1.807, 2.05) is 0 Å². The summed E-state index contributed by atoms with van der Waals surface area (Å²) in [6, 6.07) is 7.20. The van der Waals surface area contributed by atoms with Gasteiger partial charge in [-0.2, -0.15) is 0 Å². The van der Waals surface area contributed by atoms with E-state index in [1.165, 1.54) is 68.1 Å². The first kappa shape index (κ1) is 17.2. The Labute approximate surface area is 126 Å². The van der Waals surface area contributed by atoms with Crippen LogP contribution < -0.4 is 5.32 Å². The zero-order valence-corrected chi connectivity index (χ0v) is 14.0. The summed E-state index contributed by atoms with van der Waals surface area (Å²) < 4.78 is 0. The van der Waals surface area contributed by atoms with Crippen molar-refractivity contribution in [1.82, 2.24) is 5.32 Å². The van der Waals surface area contributed by atoms with Crippen LogP contribution in [0.3, 0.4) is 0 Å². The van der Waals surface area contributed by atoms with E-state index in [1.54, 1.807) is 0 Å². The minimum atomic E-state index is 0.519. The van der Waals surface area contributed by atoms with Crippen molar-refractivity contribution in [3.63, 3.8) is 0 Å². The Morgan fingerprint density at radius 3 is 2.25 bits per heavy atom. The van der Waals surface area contributed by atoms with Gasteiger partial charge in [-0.1, -0.05) is 70.1 Å². The summed E-state index contributed by atoms with van der Waals surface area (Å²) in [5.41, 5.74) is 4.34. The molecular formula is C19H33N. The maximum absolute atomic E-state index is 3.50. The van der Waals surface area contributed by atoms with Crippen LogP contribution in [0.4, 0.5) is 0 Å². The lowest BCUT2D eigenvalue weighted by molar-refractivity contribution is 0.494. The average Bonchev–Trinajstić information content (AvgIpc) is 2.46. The van der Waals surface area contributed by atoms with E-state index < -0.39 is 0 Å². The molecule has 0 heterocycles. The van der Waals surface area contributed by atoms with Crippen LogP contribution in [-0.4, -0.2) is 7.05 Å². The lowest BCUT2D eigenvalue weighted by Gasteiger charge is -2.20. The van der Waals surface area contributed by atoms with E-state index in [0.717, 1.165) is 0 Å². The van der Waals surface area contributed by atoms with Crippen molar-refractivity contribution in [2.45, 2.75) is 78.2 Å². The van der Waals surface area contributed by atoms with Crippen molar-refractivity contribution >= 4 is 0 Å². The van der Waals surface area contributed by atoms with Crippen molar-refractivity contribution in [3.8, 4) is 0 Å². The molecule has 1 nitrogen and oxygen atoms in total. The van der Waals surface area contributed by atoms with Crippen LogP contribution in [0.2, 0.25) is 0 Å². The Bertz CT molecular complexity index is 370. The zero-order valence-electron chi connectivity index (χ0n) is 14.0. The van der Waals surface area contributed by atoms with Gasteiger partial charge >= 0.3 is 0 Å². The Morgan fingerprint density at radius 1 is 0.950 bits per heavy atom. The first-order valence-electron chi connectivity index (χ1n) is 8.44. The third-order valence-corrected chi connectivity index (χ3v) is 4.47. The fourth-order valence-electron chi connectivity index (χ4n) is 2.91. The largest absolute Gasteiger partial charge is 0.313 e. The van der Waals surface area contributed by atoms with Crippen LogP contribution in [0.1, 0.15) is 81.0 Å². The van der Waals surface area contributed by atoms with Gasteiger partial charge in [0.2, 0.25) is 0 Å². The van der Waals surface area contributed by atoms with E-state index >= 15 is 0 Å². The van der Waals surface area contributed by atoms with Gasteiger partial charge in [-0.15, -0.1) is 0 Å². The molecule has 1 atom stereocenters. The van der Waals surface area contributed by atoms with E-state index in [2.05, 4.69) is 51.3 Å². The Hall–Kier alpha value is -0.820. The molecule has 1 heteroatoms. The molecule has 0 bridgehead atoms. The van der Waals surface area contributed by atoms with Gasteiger partial charge in [0.1, 0.15) is 0 Å². The van der Waals surface area contributed by atoms with E-state index in [4.69, 9.17) is 0 Å². The Balaban J connectivity index is 2.34. The van der Waals surface area contributed by atoms with Gasteiger partial charge in [0, 0.05) is 6.04 Å². The topological polar surface area (TPSA) is 12.0 Å². The SMILES string of the molecule is CCCCCCCCCC(NC)c1cccc(C)c1C. The third-order valence-electron chi connectivity index (χ3n) is 4.47. The average molecular weight is 275 g/mol. The fourth-order valence-corrected chi connectivity index (χ4v) is 2.91. The van der Waals surface area contributed by atoms with Crippen LogP contribution in [-0.2, 0) is 0 Å². The molecule has 114 valence electrons. The molecule has 0 aliphatic rings. The molecule has 1 N–H and O–H groups in total. The summed E-state index contributed by atoms with van der Waals surface area (Å²) in [6.45, 7) is 6.74. The molecule has 0 radical (unpaired) electrons. The number of hydrogen-bond donors (Lipinski definition) is 1. The maximum atomic E-state index is 3.50. The summed E-state index contributed by atoms with van der Waals surface area (Å²) in [6.07, 6.45) is 11.0. The highest BCUT2D eigenvalue weighted by Gasteiger charge is 2.12. The van der Waals surface area contributed by atoms with Gasteiger partial charge in [-0.05, 0) is 44.0 Å². The summed E-state index contributed by atoms with van der Waals surface area (Å²) >= 11 is 0. The zero-order chi connectivity index (χ0) is 14.8. The van der Waals surface area contributed by atoms with E-state index in [0.29, 0.717) is 6.04 Å². The van der Waals surface area contributed by atoms with Gasteiger partial charge in [0.05, 0.1) is 0 Å². The van der Waals surface area contributed by atoms with Gasteiger partial charge in [-0.25, -0.2) is 0 Å². The van der Waals surface area contributed by atoms with Crippen molar-refractivity contribution in [1.29, 1.82) is 0 Å². The molecule has 1 unspecified atom stereocenters. The van der Waals surface area contributed by atoms with Crippen molar-refractivity contribution < 1.29 is 0 Å². The lowest BCUT2D eigenvalue weighted by Crippen LogP contribution is -2.17. The first-order valence-corrected chi connectivity index (χ1v) is 8.44. The second kappa shape index (κ2) is 9.99. The number of unbranched alkanes of at least 4 members (excludes halogenated alkanes) is 6. The van der Waals surface area contributed by atoms with Crippen LogP contribution in [0.15, 0.2) is 18.2 Å². The molecule has 0 amide bonds. The normalized spacial score (nSPS) is 12.6. The molecule has 0 spiro atoms. The van der Waals surface area contributed by atoms with Crippen LogP contribution in [0.25, 0.3) is 0 Å². The number of nitrogens with one attached hydrogen (secondary N) is 1. The van der Waals surface area contributed by atoms with E-state index in [9.17, 15) is 0 Å². The Morgan fingerprint density at radius 2 is 1.60 bits per heavy atom. The van der Waals surface area contributed by atoms with Crippen LogP contribution >= 0.6 is 0 Å². The summed E-state index contributed by atoms with van der Waals surface area (Å²) in [5.74, 6) is 0. The molecule has 0 aliphatic heterocycles. The van der Waals surface area contributed by atoms with Gasteiger partial charge in [0.15, 0.2) is 0 Å². The second-order valence-electron chi connectivity index (χ2n) is 6.04. The number of aryl methyl sites for hydroxylation is 1. The maximum Gasteiger partial charge on any atom is 0.0320 e. The minimum absolute atomic E-state index is 0.519. The monoisotopic (exact) mass is 275 g/mol.